The average molecular weight is 420 g/mol. The molecule has 1 aromatic heterocycles. The first-order chi connectivity index (χ1) is 13.6. The molecule has 0 fully saturated rings. The minimum atomic E-state index is -4.36. The second-order valence-corrected chi connectivity index (χ2v) is 7.89. The van der Waals surface area contributed by atoms with Crippen molar-refractivity contribution in [2.45, 2.75) is 33.1 Å². The van der Waals surface area contributed by atoms with Crippen LogP contribution in [0.5, 0.6) is 5.75 Å². The van der Waals surface area contributed by atoms with Gasteiger partial charge in [-0.15, -0.1) is 11.3 Å². The van der Waals surface area contributed by atoms with E-state index in [0.717, 1.165) is 45.0 Å². The predicted molar refractivity (Wildman–Crippen MR) is 107 cm³/mol. The zero-order valence-electron chi connectivity index (χ0n) is 16.0. The Morgan fingerprint density at radius 2 is 1.62 bits per heavy atom. The van der Waals surface area contributed by atoms with Crippen LogP contribution in [-0.4, -0.2) is 11.1 Å². The van der Waals surface area contributed by atoms with E-state index in [2.05, 4.69) is 0 Å². The van der Waals surface area contributed by atoms with Crippen molar-refractivity contribution < 1.29 is 27.8 Å². The van der Waals surface area contributed by atoms with Gasteiger partial charge in [-0.25, -0.2) is 4.79 Å². The van der Waals surface area contributed by atoms with Crippen LogP contribution in [-0.2, 0) is 6.18 Å². The molecule has 29 heavy (non-hydrogen) atoms. The number of hydrogen-bond donors (Lipinski definition) is 1. The molecule has 3 nitrogen and oxygen atoms in total. The summed E-state index contributed by atoms with van der Waals surface area (Å²) >= 11 is 1.16. The average Bonchev–Trinajstić information content (AvgIpc) is 3.11. The number of carboxylic acids is 1. The van der Waals surface area contributed by atoms with E-state index in [1.807, 2.05) is 32.9 Å². The number of halogens is 3. The SMILES string of the molecule is Cc1cc(O[C@H](C)c2ccc(C(=O)O)s2)cc(C)c1-c1ccc(C(F)(F)F)cc1. The van der Waals surface area contributed by atoms with Crippen molar-refractivity contribution in [3.63, 3.8) is 0 Å². The van der Waals surface area contributed by atoms with Crippen LogP contribution in [0.15, 0.2) is 48.5 Å². The van der Waals surface area contributed by atoms with E-state index in [1.165, 1.54) is 12.1 Å². The van der Waals surface area contributed by atoms with Gasteiger partial charge < -0.3 is 9.84 Å². The molecule has 0 aliphatic carbocycles. The first-order valence-corrected chi connectivity index (χ1v) is 9.66. The van der Waals surface area contributed by atoms with E-state index in [0.29, 0.717) is 11.3 Å². The van der Waals surface area contributed by atoms with Gasteiger partial charge in [0.1, 0.15) is 16.7 Å². The first kappa shape index (κ1) is 20.9. The number of aromatic carboxylic acids is 1. The van der Waals surface area contributed by atoms with Crippen molar-refractivity contribution in [1.29, 1.82) is 0 Å². The molecule has 152 valence electrons. The molecule has 1 atom stereocenters. The van der Waals surface area contributed by atoms with Crippen LogP contribution >= 0.6 is 11.3 Å². The highest BCUT2D eigenvalue weighted by Gasteiger charge is 2.30. The lowest BCUT2D eigenvalue weighted by atomic mass is 9.94. The van der Waals surface area contributed by atoms with Crippen molar-refractivity contribution in [3.05, 3.63) is 75.0 Å². The number of alkyl halides is 3. The van der Waals surface area contributed by atoms with Crippen molar-refractivity contribution >= 4 is 17.3 Å². The molecule has 0 amide bonds. The fraction of sp³-hybridized carbons (Fsp3) is 0.227. The van der Waals surface area contributed by atoms with E-state index >= 15 is 0 Å². The lowest BCUT2D eigenvalue weighted by Gasteiger charge is -2.17. The van der Waals surface area contributed by atoms with Gasteiger partial charge in [0.25, 0.3) is 0 Å². The Hall–Kier alpha value is -2.80. The summed E-state index contributed by atoms with van der Waals surface area (Å²) in [6.07, 6.45) is -4.69. The van der Waals surface area contributed by atoms with E-state index in [1.54, 1.807) is 12.1 Å². The van der Waals surface area contributed by atoms with Crippen LogP contribution in [0.2, 0.25) is 0 Å². The van der Waals surface area contributed by atoms with Gasteiger partial charge in [-0.1, -0.05) is 12.1 Å². The smallest absolute Gasteiger partial charge is 0.416 e. The van der Waals surface area contributed by atoms with Crippen LogP contribution in [0.25, 0.3) is 11.1 Å². The number of carboxylic acid groups (broad SMARTS) is 1. The number of benzene rings is 2. The number of aryl methyl sites for hydroxylation is 2. The summed E-state index contributed by atoms with van der Waals surface area (Å²) < 4.78 is 44.4. The molecular weight excluding hydrogens is 401 g/mol. The van der Waals surface area contributed by atoms with E-state index in [4.69, 9.17) is 9.84 Å². The van der Waals surface area contributed by atoms with Gasteiger partial charge in [-0.05, 0) is 79.4 Å². The summed E-state index contributed by atoms with van der Waals surface area (Å²) in [4.78, 5) is 12.1. The highest BCUT2D eigenvalue weighted by molar-refractivity contribution is 7.14. The predicted octanol–water partition coefficient (Wildman–Crippen LogP) is 6.89. The van der Waals surface area contributed by atoms with Crippen LogP contribution in [0.4, 0.5) is 13.2 Å². The molecule has 0 aliphatic rings. The minimum absolute atomic E-state index is 0.250. The standard InChI is InChI=1S/C22H19F3O3S/c1-12-10-17(28-14(3)18-8-9-19(29-18)21(26)27)11-13(2)20(12)15-4-6-16(7-5-15)22(23,24)25/h4-11,14H,1-3H3,(H,26,27)/t14-/m1/s1. The summed E-state index contributed by atoms with van der Waals surface area (Å²) in [5.41, 5.74) is 2.65. The molecule has 3 rings (SSSR count). The third-order valence-electron chi connectivity index (χ3n) is 4.56. The first-order valence-electron chi connectivity index (χ1n) is 8.85. The molecule has 0 saturated carbocycles. The Morgan fingerprint density at radius 3 is 2.10 bits per heavy atom. The molecule has 0 bridgehead atoms. The lowest BCUT2D eigenvalue weighted by Crippen LogP contribution is -2.04. The molecule has 0 unspecified atom stereocenters. The summed E-state index contributed by atoms with van der Waals surface area (Å²) in [5, 5.41) is 9.05. The fourth-order valence-electron chi connectivity index (χ4n) is 3.22. The van der Waals surface area contributed by atoms with Gasteiger partial charge >= 0.3 is 12.1 Å². The fourth-order valence-corrected chi connectivity index (χ4v) is 4.05. The second kappa shape index (κ2) is 7.91. The molecular formula is C22H19F3O3S. The van der Waals surface area contributed by atoms with Gasteiger partial charge in [0.05, 0.1) is 5.56 Å². The van der Waals surface area contributed by atoms with Gasteiger partial charge in [0.15, 0.2) is 0 Å². The van der Waals surface area contributed by atoms with Gasteiger partial charge in [-0.3, -0.25) is 0 Å². The molecule has 1 heterocycles. The van der Waals surface area contributed by atoms with Crippen molar-refractivity contribution in [2.75, 3.05) is 0 Å². The number of carbonyl (C=O) groups is 1. The van der Waals surface area contributed by atoms with Crippen LogP contribution in [0.3, 0.4) is 0 Å². The van der Waals surface area contributed by atoms with Crippen molar-refractivity contribution in [1.82, 2.24) is 0 Å². The Morgan fingerprint density at radius 1 is 1.03 bits per heavy atom. The molecule has 7 heteroatoms. The largest absolute Gasteiger partial charge is 0.485 e. The number of thiophene rings is 1. The number of ether oxygens (including phenoxy) is 1. The zero-order valence-corrected chi connectivity index (χ0v) is 16.8. The van der Waals surface area contributed by atoms with Crippen molar-refractivity contribution in [2.24, 2.45) is 0 Å². The lowest BCUT2D eigenvalue weighted by molar-refractivity contribution is -0.137. The van der Waals surface area contributed by atoms with Crippen LogP contribution in [0.1, 0.15) is 44.3 Å². The third-order valence-corrected chi connectivity index (χ3v) is 5.79. The summed E-state index contributed by atoms with van der Waals surface area (Å²) in [7, 11) is 0. The Bertz CT molecular complexity index is 1010. The second-order valence-electron chi connectivity index (χ2n) is 6.77. The molecule has 0 aliphatic heterocycles. The van der Waals surface area contributed by atoms with Crippen molar-refractivity contribution in [3.8, 4) is 16.9 Å². The summed E-state index contributed by atoms with van der Waals surface area (Å²) in [6, 6.07) is 12.1. The molecule has 0 spiro atoms. The van der Waals surface area contributed by atoms with Crippen LogP contribution < -0.4 is 4.74 Å². The Labute approximate surface area is 170 Å². The van der Waals surface area contributed by atoms with Crippen LogP contribution in [0, 0.1) is 13.8 Å². The monoisotopic (exact) mass is 420 g/mol. The quantitative estimate of drug-likeness (QED) is 0.489. The highest BCUT2D eigenvalue weighted by Crippen LogP contribution is 2.36. The van der Waals surface area contributed by atoms with E-state index in [9.17, 15) is 18.0 Å². The van der Waals surface area contributed by atoms with E-state index in [-0.39, 0.29) is 11.0 Å². The minimum Gasteiger partial charge on any atom is -0.485 e. The van der Waals surface area contributed by atoms with Gasteiger partial charge in [0, 0.05) is 4.88 Å². The maximum absolute atomic E-state index is 12.8. The van der Waals surface area contributed by atoms with E-state index < -0.39 is 17.7 Å². The number of rotatable bonds is 5. The zero-order chi connectivity index (χ0) is 21.3. The Kier molecular flexibility index (Phi) is 5.71. The highest BCUT2D eigenvalue weighted by atomic mass is 32.1. The topological polar surface area (TPSA) is 46.5 Å². The third kappa shape index (κ3) is 4.62. The maximum Gasteiger partial charge on any atom is 0.416 e. The van der Waals surface area contributed by atoms with Gasteiger partial charge in [0.2, 0.25) is 0 Å². The molecule has 0 radical (unpaired) electrons. The summed E-state index contributed by atoms with van der Waals surface area (Å²) in [6.45, 7) is 5.60. The molecule has 2 aromatic carbocycles. The van der Waals surface area contributed by atoms with Gasteiger partial charge in [-0.2, -0.15) is 13.2 Å². The summed E-state index contributed by atoms with van der Waals surface area (Å²) in [5.74, 6) is -0.352. The Balaban J connectivity index is 1.84. The number of hydrogen-bond acceptors (Lipinski definition) is 3. The maximum atomic E-state index is 12.8. The molecule has 0 saturated heterocycles. The molecule has 3 aromatic rings. The normalized spacial score (nSPS) is 12.6. The molecule has 1 N–H and O–H groups in total.